The molecule has 0 aliphatic carbocycles. The topological polar surface area (TPSA) is 30.2 Å². The molecule has 2 nitrogen and oxygen atoms in total. The first kappa shape index (κ1) is 14.6. The predicted molar refractivity (Wildman–Crippen MR) is 81.5 cm³/mol. The third-order valence-corrected chi connectivity index (χ3v) is 3.71. The van der Waals surface area contributed by atoms with Crippen LogP contribution in [0.2, 0.25) is 0 Å². The molecule has 0 aliphatic rings. The Labute approximate surface area is 120 Å². The largest absolute Gasteiger partial charge is 0.469 e. The number of carbonyl (C=O) groups excluding carboxylic acids is 1. The van der Waals surface area contributed by atoms with Gasteiger partial charge in [-0.05, 0) is 36.0 Å². The maximum Gasteiger partial charge on any atom is 0.196 e. The van der Waals surface area contributed by atoms with Crippen molar-refractivity contribution in [3.63, 3.8) is 0 Å². The van der Waals surface area contributed by atoms with Gasteiger partial charge in [-0.1, -0.05) is 45.9 Å². The highest BCUT2D eigenvalue weighted by molar-refractivity contribution is 6.10. The smallest absolute Gasteiger partial charge is 0.196 e. The molecule has 0 amide bonds. The SMILES string of the molecule is Cc1occc1C(=O)c1ccc(C(C)C)cc1C(C)C. The van der Waals surface area contributed by atoms with Crippen molar-refractivity contribution in [3.05, 3.63) is 58.5 Å². The lowest BCUT2D eigenvalue weighted by Gasteiger charge is -2.15. The Morgan fingerprint density at radius 1 is 1.00 bits per heavy atom. The third kappa shape index (κ3) is 2.69. The summed E-state index contributed by atoms with van der Waals surface area (Å²) in [6.45, 7) is 10.4. The van der Waals surface area contributed by atoms with Crippen molar-refractivity contribution in [3.8, 4) is 0 Å². The predicted octanol–water partition coefficient (Wildman–Crippen LogP) is 5.07. The highest BCUT2D eigenvalue weighted by atomic mass is 16.3. The van der Waals surface area contributed by atoms with Gasteiger partial charge in [-0.15, -0.1) is 0 Å². The summed E-state index contributed by atoms with van der Waals surface area (Å²) in [5.74, 6) is 1.51. The number of furan rings is 1. The minimum absolute atomic E-state index is 0.0512. The number of hydrogen-bond acceptors (Lipinski definition) is 2. The first-order valence-electron chi connectivity index (χ1n) is 7.14. The van der Waals surface area contributed by atoms with Gasteiger partial charge in [-0.3, -0.25) is 4.79 Å². The molecule has 0 spiro atoms. The average molecular weight is 270 g/mol. The molecule has 0 saturated heterocycles. The van der Waals surface area contributed by atoms with E-state index in [2.05, 4.69) is 39.8 Å². The van der Waals surface area contributed by atoms with Crippen molar-refractivity contribution >= 4 is 5.78 Å². The van der Waals surface area contributed by atoms with E-state index in [1.54, 1.807) is 12.3 Å². The van der Waals surface area contributed by atoms with E-state index in [1.807, 2.05) is 13.0 Å². The van der Waals surface area contributed by atoms with Gasteiger partial charge in [0.05, 0.1) is 11.8 Å². The van der Waals surface area contributed by atoms with Gasteiger partial charge < -0.3 is 4.42 Å². The van der Waals surface area contributed by atoms with Crippen LogP contribution in [-0.2, 0) is 0 Å². The van der Waals surface area contributed by atoms with Gasteiger partial charge in [0, 0.05) is 5.56 Å². The zero-order valence-corrected chi connectivity index (χ0v) is 12.9. The summed E-state index contributed by atoms with van der Waals surface area (Å²) in [7, 11) is 0. The number of benzene rings is 1. The third-order valence-electron chi connectivity index (χ3n) is 3.71. The first-order valence-corrected chi connectivity index (χ1v) is 7.14. The van der Waals surface area contributed by atoms with Gasteiger partial charge in [0.15, 0.2) is 5.78 Å². The maximum absolute atomic E-state index is 12.7. The molecule has 0 saturated carbocycles. The fourth-order valence-corrected chi connectivity index (χ4v) is 2.39. The van der Waals surface area contributed by atoms with E-state index >= 15 is 0 Å². The Morgan fingerprint density at radius 2 is 1.70 bits per heavy atom. The first-order chi connectivity index (χ1) is 9.41. The summed E-state index contributed by atoms with van der Waals surface area (Å²) >= 11 is 0. The lowest BCUT2D eigenvalue weighted by molar-refractivity contribution is 0.103. The highest BCUT2D eigenvalue weighted by Gasteiger charge is 2.19. The van der Waals surface area contributed by atoms with Crippen LogP contribution in [0.4, 0.5) is 0 Å². The van der Waals surface area contributed by atoms with E-state index in [-0.39, 0.29) is 5.78 Å². The molecule has 20 heavy (non-hydrogen) atoms. The van der Waals surface area contributed by atoms with Gasteiger partial charge in [-0.2, -0.15) is 0 Å². The summed E-state index contributed by atoms with van der Waals surface area (Å²) in [5, 5.41) is 0. The average Bonchev–Trinajstić information content (AvgIpc) is 2.83. The molecule has 2 aromatic rings. The molecule has 2 rings (SSSR count). The molecule has 1 aromatic carbocycles. The van der Waals surface area contributed by atoms with Crippen LogP contribution in [0, 0.1) is 6.92 Å². The van der Waals surface area contributed by atoms with Crippen LogP contribution >= 0.6 is 0 Å². The van der Waals surface area contributed by atoms with Crippen LogP contribution in [0.5, 0.6) is 0 Å². The number of hydrogen-bond donors (Lipinski definition) is 0. The summed E-state index contributed by atoms with van der Waals surface area (Å²) in [5.41, 5.74) is 3.83. The molecule has 106 valence electrons. The fourth-order valence-electron chi connectivity index (χ4n) is 2.39. The van der Waals surface area contributed by atoms with E-state index in [9.17, 15) is 4.79 Å². The van der Waals surface area contributed by atoms with Crippen LogP contribution in [0.1, 0.15) is 72.3 Å². The summed E-state index contributed by atoms with van der Waals surface area (Å²) in [4.78, 5) is 12.7. The van der Waals surface area contributed by atoms with E-state index in [0.29, 0.717) is 23.2 Å². The molecule has 2 heteroatoms. The van der Waals surface area contributed by atoms with Crippen molar-refractivity contribution in [2.24, 2.45) is 0 Å². The lowest BCUT2D eigenvalue weighted by Crippen LogP contribution is -2.08. The Bertz CT molecular complexity index is 618. The Hall–Kier alpha value is -1.83. The zero-order chi connectivity index (χ0) is 14.9. The molecule has 0 aliphatic heterocycles. The molecule has 0 fully saturated rings. The van der Waals surface area contributed by atoms with Crippen molar-refractivity contribution in [1.29, 1.82) is 0 Å². The second-order valence-corrected chi connectivity index (χ2v) is 5.88. The highest BCUT2D eigenvalue weighted by Crippen LogP contribution is 2.27. The molecule has 0 bridgehead atoms. The van der Waals surface area contributed by atoms with Crippen LogP contribution in [0.25, 0.3) is 0 Å². The minimum atomic E-state index is 0.0512. The van der Waals surface area contributed by atoms with Gasteiger partial charge >= 0.3 is 0 Å². The summed E-state index contributed by atoms with van der Waals surface area (Å²) < 4.78 is 5.25. The Kier molecular flexibility index (Phi) is 4.12. The van der Waals surface area contributed by atoms with Gasteiger partial charge in [-0.25, -0.2) is 0 Å². The lowest BCUT2D eigenvalue weighted by atomic mass is 9.88. The van der Waals surface area contributed by atoms with Crippen molar-refractivity contribution in [2.45, 2.75) is 46.5 Å². The molecular weight excluding hydrogens is 248 g/mol. The number of aryl methyl sites for hydroxylation is 1. The van der Waals surface area contributed by atoms with E-state index in [1.165, 1.54) is 5.56 Å². The van der Waals surface area contributed by atoms with Crippen LogP contribution < -0.4 is 0 Å². The van der Waals surface area contributed by atoms with Crippen molar-refractivity contribution < 1.29 is 9.21 Å². The van der Waals surface area contributed by atoms with Crippen LogP contribution in [-0.4, -0.2) is 5.78 Å². The maximum atomic E-state index is 12.7. The molecule has 0 N–H and O–H groups in total. The molecule has 0 unspecified atom stereocenters. The van der Waals surface area contributed by atoms with Crippen LogP contribution in [0.3, 0.4) is 0 Å². The zero-order valence-electron chi connectivity index (χ0n) is 12.9. The van der Waals surface area contributed by atoms with Crippen molar-refractivity contribution in [1.82, 2.24) is 0 Å². The Balaban J connectivity index is 2.51. The monoisotopic (exact) mass is 270 g/mol. The van der Waals surface area contributed by atoms with E-state index in [4.69, 9.17) is 4.42 Å². The van der Waals surface area contributed by atoms with Crippen LogP contribution in [0.15, 0.2) is 34.9 Å². The van der Waals surface area contributed by atoms with Gasteiger partial charge in [0.2, 0.25) is 0 Å². The van der Waals surface area contributed by atoms with E-state index in [0.717, 1.165) is 11.1 Å². The number of ketones is 1. The minimum Gasteiger partial charge on any atom is -0.469 e. The normalized spacial score (nSPS) is 11.3. The standard InChI is InChI=1S/C18H22O2/c1-11(2)14-6-7-16(17(10-14)12(3)4)18(19)15-8-9-20-13(15)5/h6-12H,1-5H3. The molecule has 1 aromatic heterocycles. The Morgan fingerprint density at radius 3 is 2.20 bits per heavy atom. The molecular formula is C18H22O2. The van der Waals surface area contributed by atoms with Gasteiger partial charge in [0.1, 0.15) is 5.76 Å². The van der Waals surface area contributed by atoms with Gasteiger partial charge in [0.25, 0.3) is 0 Å². The quantitative estimate of drug-likeness (QED) is 0.726. The summed E-state index contributed by atoms with van der Waals surface area (Å²) in [6, 6.07) is 7.93. The fraction of sp³-hybridized carbons (Fsp3) is 0.389. The molecule has 0 radical (unpaired) electrons. The van der Waals surface area contributed by atoms with E-state index < -0.39 is 0 Å². The second kappa shape index (κ2) is 5.66. The van der Waals surface area contributed by atoms with Crippen molar-refractivity contribution in [2.75, 3.05) is 0 Å². The number of carbonyl (C=O) groups is 1. The molecule has 0 atom stereocenters. The number of rotatable bonds is 4. The second-order valence-electron chi connectivity index (χ2n) is 5.88. The summed E-state index contributed by atoms with van der Waals surface area (Å²) in [6.07, 6.45) is 1.57. The molecule has 1 heterocycles.